The summed E-state index contributed by atoms with van der Waals surface area (Å²) in [5, 5.41) is 10.8. The van der Waals surface area contributed by atoms with Crippen molar-refractivity contribution in [3.05, 3.63) is 0 Å². The van der Waals surface area contributed by atoms with Crippen LogP contribution in [-0.4, -0.2) is 17.9 Å². The Balaban J connectivity index is 4.45. The summed E-state index contributed by atoms with van der Waals surface area (Å²) in [6, 6.07) is 1.20. The van der Waals surface area contributed by atoms with Gasteiger partial charge in [0.15, 0.2) is 0 Å². The number of hydrogen-bond acceptors (Lipinski definition) is 3. The van der Waals surface area contributed by atoms with Crippen LogP contribution in [0.4, 0.5) is 0 Å². The van der Waals surface area contributed by atoms with E-state index in [0.717, 1.165) is 0 Å². The number of carbonyl (C=O) groups excluding carboxylic acids is 2. The molecular formula is C8H13N3O2. The minimum atomic E-state index is -1.27. The topological polar surface area (TPSA) is 96.0 Å². The van der Waals surface area contributed by atoms with Gasteiger partial charge in [-0.05, 0) is 20.8 Å². The Kier molecular flexibility index (Phi) is 3.43. The zero-order chi connectivity index (χ0) is 10.6. The first kappa shape index (κ1) is 11.4. The summed E-state index contributed by atoms with van der Waals surface area (Å²) in [6.07, 6.45) is 0. The Morgan fingerprint density at radius 3 is 2.31 bits per heavy atom. The second kappa shape index (κ2) is 3.90. The number of rotatable bonds is 3. The van der Waals surface area contributed by atoms with E-state index in [4.69, 9.17) is 11.0 Å². The van der Waals surface area contributed by atoms with Crippen LogP contribution in [0.3, 0.4) is 0 Å². The van der Waals surface area contributed by atoms with Crippen molar-refractivity contribution in [1.82, 2.24) is 5.32 Å². The number of primary amides is 1. The predicted molar refractivity (Wildman–Crippen MR) is 46.2 cm³/mol. The zero-order valence-corrected chi connectivity index (χ0v) is 7.92. The lowest BCUT2D eigenvalue weighted by molar-refractivity contribution is -0.139. The van der Waals surface area contributed by atoms with Gasteiger partial charge in [0.25, 0.3) is 0 Å². The van der Waals surface area contributed by atoms with Gasteiger partial charge in [-0.25, -0.2) is 0 Å². The van der Waals surface area contributed by atoms with Crippen molar-refractivity contribution >= 4 is 11.8 Å². The molecule has 0 aliphatic carbocycles. The van der Waals surface area contributed by atoms with Crippen LogP contribution in [0.2, 0.25) is 0 Å². The van der Waals surface area contributed by atoms with Crippen LogP contribution in [0.1, 0.15) is 20.8 Å². The van der Waals surface area contributed by atoms with E-state index in [1.165, 1.54) is 20.8 Å². The van der Waals surface area contributed by atoms with Crippen molar-refractivity contribution in [2.45, 2.75) is 26.8 Å². The Labute approximate surface area is 76.9 Å². The third-order valence-corrected chi connectivity index (χ3v) is 1.72. The molecule has 2 amide bonds. The molecule has 0 aliphatic heterocycles. The molecule has 72 valence electrons. The largest absolute Gasteiger partial charge is 0.369 e. The first-order chi connectivity index (χ1) is 5.82. The SMILES string of the molecule is C[C@@H](C#N)NC(=O)C(C)(C)C(N)=O. The van der Waals surface area contributed by atoms with Crippen LogP contribution < -0.4 is 11.1 Å². The molecule has 0 saturated carbocycles. The number of hydrogen-bond donors (Lipinski definition) is 2. The summed E-state index contributed by atoms with van der Waals surface area (Å²) in [7, 11) is 0. The fourth-order valence-corrected chi connectivity index (χ4v) is 0.521. The van der Waals surface area contributed by atoms with E-state index in [1.807, 2.05) is 6.07 Å². The van der Waals surface area contributed by atoms with Crippen molar-refractivity contribution < 1.29 is 9.59 Å². The van der Waals surface area contributed by atoms with Crippen LogP contribution in [0.5, 0.6) is 0 Å². The molecule has 0 unspecified atom stereocenters. The molecule has 5 heteroatoms. The quantitative estimate of drug-likeness (QED) is 0.579. The fourth-order valence-electron chi connectivity index (χ4n) is 0.521. The highest BCUT2D eigenvalue weighted by Crippen LogP contribution is 2.13. The van der Waals surface area contributed by atoms with Gasteiger partial charge in [-0.1, -0.05) is 0 Å². The summed E-state index contributed by atoms with van der Waals surface area (Å²) in [4.78, 5) is 22.1. The number of carbonyl (C=O) groups is 2. The van der Waals surface area contributed by atoms with Crippen molar-refractivity contribution in [1.29, 1.82) is 5.26 Å². The molecule has 0 fully saturated rings. The molecule has 1 atom stereocenters. The van der Waals surface area contributed by atoms with Crippen molar-refractivity contribution in [3.8, 4) is 6.07 Å². The highest BCUT2D eigenvalue weighted by Gasteiger charge is 2.34. The normalized spacial score (nSPS) is 12.8. The smallest absolute Gasteiger partial charge is 0.236 e. The molecule has 0 aromatic rings. The molecule has 0 radical (unpaired) electrons. The Bertz CT molecular complexity index is 265. The molecule has 0 heterocycles. The average Bonchev–Trinajstić information content (AvgIpc) is 2.03. The maximum absolute atomic E-state index is 11.3. The second-order valence-electron chi connectivity index (χ2n) is 3.31. The number of nitriles is 1. The van der Waals surface area contributed by atoms with E-state index in [-0.39, 0.29) is 0 Å². The second-order valence-corrected chi connectivity index (χ2v) is 3.31. The lowest BCUT2D eigenvalue weighted by Crippen LogP contribution is -2.48. The predicted octanol–water partition coefficient (Wildman–Crippen LogP) is -0.474. The molecule has 3 N–H and O–H groups in total. The summed E-state index contributed by atoms with van der Waals surface area (Å²) in [5.41, 5.74) is 3.73. The van der Waals surface area contributed by atoms with Crippen molar-refractivity contribution in [2.24, 2.45) is 11.1 Å². The van der Waals surface area contributed by atoms with Crippen LogP contribution in [0, 0.1) is 16.7 Å². The summed E-state index contributed by atoms with van der Waals surface area (Å²) >= 11 is 0. The molecule has 0 rings (SSSR count). The Hall–Kier alpha value is -1.57. The first-order valence-electron chi connectivity index (χ1n) is 3.83. The highest BCUT2D eigenvalue weighted by atomic mass is 16.2. The molecule has 0 aliphatic rings. The number of nitrogens with two attached hydrogens (primary N) is 1. The number of nitrogens with zero attached hydrogens (tertiary/aromatic N) is 1. The lowest BCUT2D eigenvalue weighted by atomic mass is 9.91. The maximum atomic E-state index is 11.3. The number of nitrogens with one attached hydrogen (secondary N) is 1. The van der Waals surface area contributed by atoms with Crippen molar-refractivity contribution in [3.63, 3.8) is 0 Å². The zero-order valence-electron chi connectivity index (χ0n) is 7.92. The molecule has 0 bridgehead atoms. The van der Waals surface area contributed by atoms with Gasteiger partial charge in [0.05, 0.1) is 6.07 Å². The molecule has 13 heavy (non-hydrogen) atoms. The van der Waals surface area contributed by atoms with Crippen molar-refractivity contribution in [2.75, 3.05) is 0 Å². The van der Waals surface area contributed by atoms with Gasteiger partial charge in [0.2, 0.25) is 11.8 Å². The molecule has 0 aromatic carbocycles. The van der Waals surface area contributed by atoms with E-state index >= 15 is 0 Å². The van der Waals surface area contributed by atoms with Crippen LogP contribution >= 0.6 is 0 Å². The van der Waals surface area contributed by atoms with Gasteiger partial charge >= 0.3 is 0 Å². The van der Waals surface area contributed by atoms with E-state index in [0.29, 0.717) is 0 Å². The molecule has 0 aromatic heterocycles. The Morgan fingerprint density at radius 2 is 2.00 bits per heavy atom. The summed E-state index contributed by atoms with van der Waals surface area (Å²) < 4.78 is 0. The standard InChI is InChI=1S/C8H13N3O2/c1-5(4-9)11-7(13)8(2,3)6(10)12/h5H,1-3H3,(H2,10,12)(H,11,13)/t5-/m0/s1. The maximum Gasteiger partial charge on any atom is 0.236 e. The molecule has 0 spiro atoms. The van der Waals surface area contributed by atoms with Gasteiger partial charge in [0.1, 0.15) is 11.5 Å². The van der Waals surface area contributed by atoms with E-state index in [2.05, 4.69) is 5.32 Å². The van der Waals surface area contributed by atoms with E-state index < -0.39 is 23.3 Å². The monoisotopic (exact) mass is 183 g/mol. The Morgan fingerprint density at radius 1 is 1.54 bits per heavy atom. The molecular weight excluding hydrogens is 170 g/mol. The van der Waals surface area contributed by atoms with Crippen LogP contribution in [-0.2, 0) is 9.59 Å². The fraction of sp³-hybridized carbons (Fsp3) is 0.625. The van der Waals surface area contributed by atoms with Gasteiger partial charge < -0.3 is 11.1 Å². The minimum Gasteiger partial charge on any atom is -0.369 e. The third-order valence-electron chi connectivity index (χ3n) is 1.72. The lowest BCUT2D eigenvalue weighted by Gasteiger charge is -2.20. The number of amides is 2. The molecule has 0 saturated heterocycles. The van der Waals surface area contributed by atoms with Gasteiger partial charge in [-0.15, -0.1) is 0 Å². The first-order valence-corrected chi connectivity index (χ1v) is 3.83. The van der Waals surface area contributed by atoms with E-state index in [9.17, 15) is 9.59 Å². The van der Waals surface area contributed by atoms with Crippen LogP contribution in [0.15, 0.2) is 0 Å². The van der Waals surface area contributed by atoms with E-state index in [1.54, 1.807) is 0 Å². The average molecular weight is 183 g/mol. The summed E-state index contributed by atoms with van der Waals surface area (Å²) in [5.74, 6) is -1.25. The van der Waals surface area contributed by atoms with Gasteiger partial charge in [-0.2, -0.15) is 5.26 Å². The van der Waals surface area contributed by atoms with Crippen LogP contribution in [0.25, 0.3) is 0 Å². The van der Waals surface area contributed by atoms with Gasteiger partial charge in [-0.3, -0.25) is 9.59 Å². The highest BCUT2D eigenvalue weighted by molar-refractivity contribution is 6.03. The third kappa shape index (κ3) is 2.75. The van der Waals surface area contributed by atoms with Gasteiger partial charge in [0, 0.05) is 0 Å². The minimum absolute atomic E-state index is 0.533. The summed E-state index contributed by atoms with van der Waals surface area (Å²) in [6.45, 7) is 4.35. The molecule has 5 nitrogen and oxygen atoms in total.